The van der Waals surface area contributed by atoms with Crippen molar-refractivity contribution in [3.63, 3.8) is 0 Å². The van der Waals surface area contributed by atoms with Gasteiger partial charge in [0.2, 0.25) is 5.91 Å². The van der Waals surface area contributed by atoms with Crippen molar-refractivity contribution in [3.8, 4) is 0 Å². The maximum Gasteiger partial charge on any atom is 0.416 e. The van der Waals surface area contributed by atoms with Gasteiger partial charge in [-0.25, -0.2) is 0 Å². The fourth-order valence-electron chi connectivity index (χ4n) is 1.63. The highest BCUT2D eigenvalue weighted by Crippen LogP contribution is 2.34. The van der Waals surface area contributed by atoms with Gasteiger partial charge in [-0.2, -0.15) is 13.2 Å². The van der Waals surface area contributed by atoms with Crippen molar-refractivity contribution in [2.75, 3.05) is 5.32 Å². The van der Waals surface area contributed by atoms with Crippen LogP contribution in [0.4, 0.5) is 18.9 Å². The second kappa shape index (κ2) is 5.89. The highest BCUT2D eigenvalue weighted by atomic mass is 19.4. The predicted molar refractivity (Wildman–Crippen MR) is 64.3 cm³/mol. The molecule has 1 aromatic rings. The van der Waals surface area contributed by atoms with E-state index in [-0.39, 0.29) is 17.2 Å². The number of alkyl halides is 3. The Labute approximate surface area is 104 Å². The average molecular weight is 259 g/mol. The third-order valence-electron chi connectivity index (χ3n) is 2.67. The van der Waals surface area contributed by atoms with Crippen LogP contribution in [-0.2, 0) is 11.0 Å². The number of carbonyl (C=O) groups excluding carboxylic acids is 1. The molecule has 0 atom stereocenters. The lowest BCUT2D eigenvalue weighted by atomic mass is 10.1. The number of hydrogen-bond acceptors (Lipinski definition) is 1. The van der Waals surface area contributed by atoms with Gasteiger partial charge < -0.3 is 5.32 Å². The second-order valence-corrected chi connectivity index (χ2v) is 4.13. The lowest BCUT2D eigenvalue weighted by Crippen LogP contribution is -2.14. The number of hydrogen-bond donors (Lipinski definition) is 1. The van der Waals surface area contributed by atoms with Crippen LogP contribution in [0.5, 0.6) is 0 Å². The van der Waals surface area contributed by atoms with Crippen LogP contribution in [-0.4, -0.2) is 5.91 Å². The number of benzene rings is 1. The van der Waals surface area contributed by atoms with Crippen molar-refractivity contribution in [2.24, 2.45) is 0 Å². The van der Waals surface area contributed by atoms with E-state index in [1.807, 2.05) is 6.92 Å². The second-order valence-electron chi connectivity index (χ2n) is 4.13. The first-order chi connectivity index (χ1) is 8.36. The number of halogens is 3. The fourth-order valence-corrected chi connectivity index (χ4v) is 1.63. The summed E-state index contributed by atoms with van der Waals surface area (Å²) in [6.07, 6.45) is -2.47. The summed E-state index contributed by atoms with van der Waals surface area (Å²) in [6, 6.07) is 3.79. The molecule has 0 spiro atoms. The number of anilines is 1. The molecule has 0 aromatic heterocycles. The van der Waals surface area contributed by atoms with Gasteiger partial charge in [-0.1, -0.05) is 19.4 Å². The molecule has 2 nitrogen and oxygen atoms in total. The van der Waals surface area contributed by atoms with Gasteiger partial charge in [0.25, 0.3) is 0 Å². The molecule has 0 aliphatic rings. The Balaban J connectivity index is 2.88. The minimum absolute atomic E-state index is 0.0508. The Morgan fingerprint density at radius 3 is 2.56 bits per heavy atom. The molecule has 0 aliphatic heterocycles. The van der Waals surface area contributed by atoms with Crippen LogP contribution in [0.15, 0.2) is 18.2 Å². The highest BCUT2D eigenvalue weighted by molar-refractivity contribution is 5.91. The van der Waals surface area contributed by atoms with Gasteiger partial charge >= 0.3 is 6.18 Å². The van der Waals surface area contributed by atoms with Crippen molar-refractivity contribution >= 4 is 11.6 Å². The van der Waals surface area contributed by atoms with E-state index in [9.17, 15) is 18.0 Å². The molecule has 0 radical (unpaired) electrons. The Hall–Kier alpha value is -1.52. The molecule has 0 bridgehead atoms. The molecule has 0 aliphatic carbocycles. The first-order valence-electron chi connectivity index (χ1n) is 5.83. The summed E-state index contributed by atoms with van der Waals surface area (Å²) in [7, 11) is 0. The standard InChI is InChI=1S/C13H16F3NO/c1-3-4-8-12(18)17-11-7-5-6-10(9(11)2)13(14,15)16/h5-7H,3-4,8H2,1-2H3,(H,17,18). The summed E-state index contributed by atoms with van der Waals surface area (Å²) in [5.41, 5.74) is -0.434. The highest BCUT2D eigenvalue weighted by Gasteiger charge is 2.32. The van der Waals surface area contributed by atoms with Crippen LogP contribution < -0.4 is 5.32 Å². The summed E-state index contributed by atoms with van der Waals surface area (Å²) < 4.78 is 38.0. The van der Waals surface area contributed by atoms with E-state index in [1.54, 1.807) is 0 Å². The molecule has 1 rings (SSSR count). The summed E-state index contributed by atoms with van der Waals surface area (Å²) in [6.45, 7) is 3.31. The first kappa shape index (κ1) is 14.5. The molecule has 0 saturated carbocycles. The van der Waals surface area contributed by atoms with E-state index in [2.05, 4.69) is 5.32 Å². The Kier molecular flexibility index (Phi) is 4.76. The largest absolute Gasteiger partial charge is 0.416 e. The molecule has 5 heteroatoms. The normalized spacial score (nSPS) is 11.4. The van der Waals surface area contributed by atoms with Crippen LogP contribution in [0.2, 0.25) is 0 Å². The lowest BCUT2D eigenvalue weighted by Gasteiger charge is -2.14. The van der Waals surface area contributed by atoms with Crippen molar-refractivity contribution in [1.82, 2.24) is 0 Å². The average Bonchev–Trinajstić information content (AvgIpc) is 2.27. The summed E-state index contributed by atoms with van der Waals surface area (Å²) in [4.78, 5) is 11.5. The zero-order valence-corrected chi connectivity index (χ0v) is 10.4. The van der Waals surface area contributed by atoms with Gasteiger partial charge in [0, 0.05) is 12.1 Å². The smallest absolute Gasteiger partial charge is 0.326 e. The lowest BCUT2D eigenvalue weighted by molar-refractivity contribution is -0.138. The molecule has 18 heavy (non-hydrogen) atoms. The minimum Gasteiger partial charge on any atom is -0.326 e. The van der Waals surface area contributed by atoms with Gasteiger partial charge in [-0.15, -0.1) is 0 Å². The SMILES string of the molecule is CCCCC(=O)Nc1cccc(C(F)(F)F)c1C. The maximum absolute atomic E-state index is 12.7. The monoisotopic (exact) mass is 259 g/mol. The van der Waals surface area contributed by atoms with E-state index >= 15 is 0 Å². The van der Waals surface area contributed by atoms with Crippen molar-refractivity contribution in [1.29, 1.82) is 0 Å². The Morgan fingerprint density at radius 2 is 2.00 bits per heavy atom. The predicted octanol–water partition coefficient (Wildman–Crippen LogP) is 4.14. The van der Waals surface area contributed by atoms with Crippen LogP contribution in [0.3, 0.4) is 0 Å². The van der Waals surface area contributed by atoms with Crippen LogP contribution in [0.1, 0.15) is 37.3 Å². The van der Waals surface area contributed by atoms with E-state index < -0.39 is 11.7 Å². The van der Waals surface area contributed by atoms with Gasteiger partial charge in [0.15, 0.2) is 0 Å². The molecule has 1 aromatic carbocycles. The topological polar surface area (TPSA) is 29.1 Å². The third-order valence-corrected chi connectivity index (χ3v) is 2.67. The van der Waals surface area contributed by atoms with Gasteiger partial charge in [-0.05, 0) is 31.0 Å². The summed E-state index contributed by atoms with van der Waals surface area (Å²) in [5.74, 6) is -0.251. The van der Waals surface area contributed by atoms with Gasteiger partial charge in [0.1, 0.15) is 0 Å². The quantitative estimate of drug-likeness (QED) is 0.865. The zero-order chi connectivity index (χ0) is 13.8. The summed E-state index contributed by atoms with van der Waals surface area (Å²) >= 11 is 0. The molecule has 0 unspecified atom stereocenters. The van der Waals surface area contributed by atoms with Crippen molar-refractivity contribution < 1.29 is 18.0 Å². The van der Waals surface area contributed by atoms with E-state index in [4.69, 9.17) is 0 Å². The molecular weight excluding hydrogens is 243 g/mol. The molecule has 0 saturated heterocycles. The molecular formula is C13H16F3NO. The van der Waals surface area contributed by atoms with Gasteiger partial charge in [0.05, 0.1) is 5.56 Å². The van der Waals surface area contributed by atoms with Gasteiger partial charge in [-0.3, -0.25) is 4.79 Å². The van der Waals surface area contributed by atoms with E-state index in [0.717, 1.165) is 18.9 Å². The number of nitrogens with one attached hydrogen (secondary N) is 1. The number of unbranched alkanes of at least 4 members (excludes halogenated alkanes) is 1. The Bertz CT molecular complexity index is 427. The fraction of sp³-hybridized carbons (Fsp3) is 0.462. The molecule has 1 amide bonds. The number of rotatable bonds is 4. The van der Waals surface area contributed by atoms with Crippen molar-refractivity contribution in [2.45, 2.75) is 39.3 Å². The molecule has 100 valence electrons. The van der Waals surface area contributed by atoms with Crippen LogP contribution in [0, 0.1) is 6.92 Å². The zero-order valence-electron chi connectivity index (χ0n) is 10.4. The van der Waals surface area contributed by atoms with Crippen LogP contribution >= 0.6 is 0 Å². The first-order valence-corrected chi connectivity index (χ1v) is 5.83. The van der Waals surface area contributed by atoms with Crippen LogP contribution in [0.25, 0.3) is 0 Å². The van der Waals surface area contributed by atoms with Crippen molar-refractivity contribution in [3.05, 3.63) is 29.3 Å². The van der Waals surface area contributed by atoms with E-state index in [0.29, 0.717) is 6.42 Å². The number of amides is 1. The summed E-state index contributed by atoms with van der Waals surface area (Å²) in [5, 5.41) is 2.52. The molecule has 0 fully saturated rings. The van der Waals surface area contributed by atoms with E-state index in [1.165, 1.54) is 19.1 Å². The minimum atomic E-state index is -4.39. The number of carbonyl (C=O) groups is 1. The maximum atomic E-state index is 12.7. The molecule has 0 heterocycles. The molecule has 1 N–H and O–H groups in total. The Morgan fingerprint density at radius 1 is 1.33 bits per heavy atom. The third kappa shape index (κ3) is 3.75.